The van der Waals surface area contributed by atoms with Gasteiger partial charge in [0.2, 0.25) is 0 Å². The number of aliphatic hydroxyl groups is 6. The predicted octanol–water partition coefficient (Wildman–Crippen LogP) is -20.4. The minimum absolute atomic E-state index is 0. The van der Waals surface area contributed by atoms with E-state index in [-0.39, 0.29) is 143 Å². The van der Waals surface area contributed by atoms with Crippen molar-refractivity contribution in [2.45, 2.75) is 36.6 Å². The van der Waals surface area contributed by atoms with Crippen LogP contribution in [-0.4, -0.2) is 103 Å². The molecule has 0 spiro atoms. The molecule has 0 amide bonds. The molecule has 0 bridgehead atoms. The fraction of sp³-hybridized carbons (Fsp3) is 0.500. The number of carbonyl (C=O) groups excluding carboxylic acids is 6. The van der Waals surface area contributed by atoms with Gasteiger partial charge in [-0.1, -0.05) is 0 Å². The number of carbonyl (C=O) groups is 6. The number of rotatable bonds is 9. The van der Waals surface area contributed by atoms with E-state index in [1.807, 2.05) is 0 Å². The van der Waals surface area contributed by atoms with E-state index in [1.54, 1.807) is 0 Å². The van der Waals surface area contributed by atoms with E-state index in [0.717, 1.165) is 0 Å². The Kier molecular flexibility index (Phi) is 35.7. The van der Waals surface area contributed by atoms with Crippen molar-refractivity contribution >= 4 is 35.8 Å². The molecule has 6 unspecified atom stereocenters. The number of hydrogen-bond donors (Lipinski definition) is 6. The zero-order valence-electron chi connectivity index (χ0n) is 16.5. The first-order valence-corrected chi connectivity index (χ1v) is 6.73. The Morgan fingerprint density at radius 2 is 0.424 bits per heavy atom. The first-order chi connectivity index (χ1) is 13.4. The number of hydrogen-bond acceptors (Lipinski definition) is 18. The molecule has 18 nitrogen and oxygen atoms in total. The quantitative estimate of drug-likeness (QED) is 0.119. The normalized spacial score (nSPS) is 14.4. The zero-order valence-corrected chi connectivity index (χ0v) is 26.9. The van der Waals surface area contributed by atoms with Gasteiger partial charge in [-0.15, -0.1) is 0 Å². The summed E-state index contributed by atoms with van der Waals surface area (Å²) in [4.78, 5) is 57.8. The summed E-state index contributed by atoms with van der Waals surface area (Å²) in [7, 11) is 0. The molecule has 33 heavy (non-hydrogen) atoms. The fourth-order valence-electron chi connectivity index (χ4n) is 0.773. The van der Waals surface area contributed by atoms with Crippen LogP contribution in [0.2, 0.25) is 0 Å². The molecule has 0 radical (unpaired) electrons. The topological polar surface area (TPSA) is 362 Å². The van der Waals surface area contributed by atoms with Gasteiger partial charge in [-0.3, -0.25) is 0 Å². The summed E-state index contributed by atoms with van der Waals surface area (Å²) in [6.07, 6.45) is -14.6. The summed E-state index contributed by atoms with van der Waals surface area (Å²) in [6.45, 7) is 0. The van der Waals surface area contributed by atoms with E-state index in [9.17, 15) is 59.4 Å². The Labute approximate surface area is 299 Å². The number of carboxylic acid groups (broad SMARTS) is 6. The maximum atomic E-state index is 9.63. The number of aliphatic carboxylic acids is 6. The van der Waals surface area contributed by atoms with E-state index in [4.69, 9.17) is 30.6 Å². The Morgan fingerprint density at radius 3 is 0.455 bits per heavy atom. The standard InChI is InChI=1S/3C4H6O6.2K.Th/c3*5-1(3(7)8)2(6)4(9)10;;;/h3*1-2,5-6H,(H,7,8)(H,9,10);;;/q;;;2*+1;+4/p-6. The van der Waals surface area contributed by atoms with Crippen LogP contribution in [0.5, 0.6) is 0 Å². The molecule has 0 rings (SSSR count). The van der Waals surface area contributed by atoms with Gasteiger partial charge in [0, 0.05) is 0 Å². The third-order valence-electron chi connectivity index (χ3n) is 2.35. The first-order valence-electron chi connectivity index (χ1n) is 6.73. The average Bonchev–Trinajstić information content (AvgIpc) is 2.64. The smallest absolute Gasteiger partial charge is 0.547 e. The first kappa shape index (κ1) is 47.4. The van der Waals surface area contributed by atoms with Crippen LogP contribution < -0.4 is 133 Å². The number of carboxylic acids is 6. The molecule has 21 heteroatoms. The van der Waals surface area contributed by atoms with Crippen LogP contribution in [-0.2, 0) is 28.8 Å². The number of aliphatic hydroxyl groups excluding tert-OH is 6. The van der Waals surface area contributed by atoms with Gasteiger partial charge in [0.25, 0.3) is 0 Å². The molecule has 0 saturated heterocycles. The van der Waals surface area contributed by atoms with E-state index in [0.29, 0.717) is 0 Å². The Bertz CT molecular complexity index is 504. The van der Waals surface area contributed by atoms with Gasteiger partial charge in [-0.2, -0.15) is 0 Å². The fourth-order valence-corrected chi connectivity index (χ4v) is 0.773. The third kappa shape index (κ3) is 23.3. The van der Waals surface area contributed by atoms with Gasteiger partial charge in [0.05, 0.1) is 35.8 Å². The Hall–Kier alpha value is 1.18. The van der Waals surface area contributed by atoms with Crippen LogP contribution in [0.3, 0.4) is 0 Å². The molecule has 174 valence electrons. The molecule has 0 aliphatic rings. The summed E-state index contributed by atoms with van der Waals surface area (Å²) >= 11 is 0. The Balaban J connectivity index is -0.0000000792. The average molecular weight is 754 g/mol. The van der Waals surface area contributed by atoms with Gasteiger partial charge in [-0.25, -0.2) is 0 Å². The SMILES string of the molecule is O=C([O-])C(O)C(O)C(=O)[O-].O=C([O-])C(O)C(O)C(=O)[O-].O=C([O-])C(O)C(O)C(=O)[O-].[K+].[K+].[Th+4]. The predicted molar refractivity (Wildman–Crippen MR) is 66.1 cm³/mol. The van der Waals surface area contributed by atoms with Crippen molar-refractivity contribution in [1.29, 1.82) is 0 Å². The minimum Gasteiger partial charge on any atom is -0.547 e. The second-order valence-corrected chi connectivity index (χ2v) is 4.58. The van der Waals surface area contributed by atoms with E-state index < -0.39 is 72.4 Å². The van der Waals surface area contributed by atoms with Crippen molar-refractivity contribution in [3.63, 3.8) is 0 Å². The maximum absolute atomic E-state index is 9.63. The monoisotopic (exact) mass is 754 g/mol. The zero-order chi connectivity index (χ0) is 24.9. The molecule has 0 heterocycles. The van der Waals surface area contributed by atoms with Crippen molar-refractivity contribution in [1.82, 2.24) is 0 Å². The van der Waals surface area contributed by atoms with Gasteiger partial charge >= 0.3 is 143 Å². The molecule has 0 aromatic rings. The minimum atomic E-state index is -2.44. The van der Waals surface area contributed by atoms with Crippen molar-refractivity contribution < 1.29 is 233 Å². The van der Waals surface area contributed by atoms with E-state index in [2.05, 4.69) is 0 Å². The third-order valence-corrected chi connectivity index (χ3v) is 2.35. The van der Waals surface area contributed by atoms with Gasteiger partial charge in [0.15, 0.2) is 0 Å². The van der Waals surface area contributed by atoms with Crippen LogP contribution in [0.4, 0.5) is 0 Å². The molecule has 0 aromatic heterocycles. The van der Waals surface area contributed by atoms with Crippen LogP contribution in [0, 0.1) is 39.9 Å². The van der Waals surface area contributed by atoms with Crippen LogP contribution in [0.25, 0.3) is 0 Å². The summed E-state index contributed by atoms with van der Waals surface area (Å²) in [5, 5.41) is 107. The van der Waals surface area contributed by atoms with E-state index >= 15 is 0 Å². The van der Waals surface area contributed by atoms with Crippen LogP contribution >= 0.6 is 0 Å². The summed E-state index contributed by atoms with van der Waals surface area (Å²) in [5.41, 5.74) is 0. The molecule has 0 fully saturated rings. The van der Waals surface area contributed by atoms with Crippen molar-refractivity contribution in [2.24, 2.45) is 0 Å². The summed E-state index contributed by atoms with van der Waals surface area (Å²) in [5.74, 6) is -12.4. The summed E-state index contributed by atoms with van der Waals surface area (Å²) in [6, 6.07) is 0. The van der Waals surface area contributed by atoms with Crippen LogP contribution in [0.1, 0.15) is 0 Å². The van der Waals surface area contributed by atoms with E-state index in [1.165, 1.54) is 0 Å². The van der Waals surface area contributed by atoms with Crippen molar-refractivity contribution in [3.8, 4) is 0 Å². The largest absolute Gasteiger partial charge is 4.00 e. The molecule has 0 aromatic carbocycles. The van der Waals surface area contributed by atoms with Gasteiger partial charge in [-0.05, 0) is 0 Å². The molecular weight excluding hydrogens is 742 g/mol. The molecule has 6 atom stereocenters. The van der Waals surface area contributed by atoms with Crippen molar-refractivity contribution in [3.05, 3.63) is 0 Å². The van der Waals surface area contributed by atoms with Crippen LogP contribution in [0.15, 0.2) is 0 Å². The van der Waals surface area contributed by atoms with Gasteiger partial charge in [0.1, 0.15) is 36.6 Å². The van der Waals surface area contributed by atoms with Gasteiger partial charge < -0.3 is 90.0 Å². The maximum Gasteiger partial charge on any atom is 4.00 e. The molecule has 0 saturated carbocycles. The Morgan fingerprint density at radius 1 is 0.364 bits per heavy atom. The molecule has 6 N–H and O–H groups in total. The van der Waals surface area contributed by atoms with Crippen molar-refractivity contribution in [2.75, 3.05) is 0 Å². The summed E-state index contributed by atoms with van der Waals surface area (Å²) < 4.78 is 0. The molecular formula is C12H12K2O18Th. The molecule has 0 aliphatic carbocycles. The second-order valence-electron chi connectivity index (χ2n) is 4.58. The second kappa shape index (κ2) is 24.9. The molecule has 0 aliphatic heterocycles.